The molecule has 0 aliphatic rings. The van der Waals surface area contributed by atoms with Crippen LogP contribution < -0.4 is 5.32 Å². The first-order valence-electron chi connectivity index (χ1n) is 6.47. The Labute approximate surface area is 131 Å². The lowest BCUT2D eigenvalue weighted by atomic mass is 10.1. The van der Waals surface area contributed by atoms with Crippen LogP contribution >= 0.6 is 11.6 Å². The van der Waals surface area contributed by atoms with Crippen molar-refractivity contribution < 1.29 is 9.72 Å². The van der Waals surface area contributed by atoms with Gasteiger partial charge in [-0.05, 0) is 19.1 Å². The lowest BCUT2D eigenvalue weighted by molar-refractivity contribution is -0.384. The molecule has 0 fully saturated rings. The number of aromatic nitrogens is 3. The molecule has 9 heteroatoms. The average molecular weight is 324 g/mol. The van der Waals surface area contributed by atoms with Gasteiger partial charge in [-0.1, -0.05) is 16.8 Å². The van der Waals surface area contributed by atoms with Gasteiger partial charge in [0.2, 0.25) is 0 Å². The number of carbonyl (C=O) groups excluding carboxylic acids is 1. The summed E-state index contributed by atoms with van der Waals surface area (Å²) in [5.41, 5.74) is 0.796. The second-order valence-corrected chi connectivity index (χ2v) is 5.29. The molecular formula is C13H14ClN5O3. The number of nitro groups is 1. The minimum absolute atomic E-state index is 0.0702. The van der Waals surface area contributed by atoms with Crippen LogP contribution in [0.4, 0.5) is 5.69 Å². The van der Waals surface area contributed by atoms with E-state index in [1.54, 1.807) is 17.9 Å². The van der Waals surface area contributed by atoms with Gasteiger partial charge in [0.15, 0.2) is 0 Å². The summed E-state index contributed by atoms with van der Waals surface area (Å²) < 4.78 is 1.58. The third-order valence-electron chi connectivity index (χ3n) is 2.95. The normalized spacial score (nSPS) is 12.0. The number of nitrogens with zero attached hydrogens (tertiary/aromatic N) is 4. The topological polar surface area (TPSA) is 103 Å². The lowest BCUT2D eigenvalue weighted by Gasteiger charge is -2.12. The molecule has 0 aliphatic carbocycles. The maximum atomic E-state index is 12.1. The standard InChI is InChI=1S/C13H14ClN5O3/c1-8(5-10-7-18(2)17-16-10)15-13(20)9-3-4-12(19(21)22)11(14)6-9/h3-4,6-8H,5H2,1-2H3,(H,15,20)/t8-/m1/s1. The van der Waals surface area contributed by atoms with Gasteiger partial charge in [-0.25, -0.2) is 0 Å². The zero-order valence-electron chi connectivity index (χ0n) is 12.0. The molecule has 1 atom stereocenters. The van der Waals surface area contributed by atoms with E-state index in [-0.39, 0.29) is 28.2 Å². The third kappa shape index (κ3) is 3.79. The fourth-order valence-electron chi connectivity index (χ4n) is 1.96. The minimum Gasteiger partial charge on any atom is -0.349 e. The van der Waals surface area contributed by atoms with Crippen molar-refractivity contribution in [2.75, 3.05) is 0 Å². The van der Waals surface area contributed by atoms with E-state index >= 15 is 0 Å². The highest BCUT2D eigenvalue weighted by molar-refractivity contribution is 6.33. The molecule has 1 aromatic heterocycles. The maximum Gasteiger partial charge on any atom is 0.287 e. The van der Waals surface area contributed by atoms with Gasteiger partial charge >= 0.3 is 0 Å². The summed E-state index contributed by atoms with van der Waals surface area (Å²) in [7, 11) is 1.76. The van der Waals surface area contributed by atoms with Crippen LogP contribution in [0.3, 0.4) is 0 Å². The van der Waals surface area contributed by atoms with Crippen LogP contribution in [0.15, 0.2) is 24.4 Å². The number of benzene rings is 1. The molecule has 0 saturated heterocycles. The summed E-state index contributed by atoms with van der Waals surface area (Å²) in [6.45, 7) is 1.83. The van der Waals surface area contributed by atoms with E-state index < -0.39 is 4.92 Å². The summed E-state index contributed by atoms with van der Waals surface area (Å²) in [6.07, 6.45) is 2.30. The fourth-order valence-corrected chi connectivity index (χ4v) is 2.21. The molecule has 2 rings (SSSR count). The zero-order chi connectivity index (χ0) is 16.3. The smallest absolute Gasteiger partial charge is 0.287 e. The van der Waals surface area contributed by atoms with E-state index in [1.807, 2.05) is 6.92 Å². The molecule has 116 valence electrons. The average Bonchev–Trinajstić information content (AvgIpc) is 2.83. The highest BCUT2D eigenvalue weighted by Gasteiger charge is 2.17. The van der Waals surface area contributed by atoms with Crippen LogP contribution in [-0.4, -0.2) is 31.9 Å². The van der Waals surface area contributed by atoms with Crippen LogP contribution in [-0.2, 0) is 13.5 Å². The molecule has 0 saturated carbocycles. The van der Waals surface area contributed by atoms with E-state index in [1.165, 1.54) is 18.2 Å². The number of amides is 1. The Bertz CT molecular complexity index is 715. The van der Waals surface area contributed by atoms with E-state index in [0.29, 0.717) is 6.42 Å². The number of carbonyl (C=O) groups is 1. The second kappa shape index (κ2) is 6.52. The molecule has 1 N–H and O–H groups in total. The maximum absolute atomic E-state index is 12.1. The first-order chi connectivity index (χ1) is 10.4. The second-order valence-electron chi connectivity index (χ2n) is 4.89. The summed E-state index contributed by atoms with van der Waals surface area (Å²) in [5.74, 6) is -0.354. The Hall–Kier alpha value is -2.48. The van der Waals surface area contributed by atoms with Crippen molar-refractivity contribution in [2.24, 2.45) is 7.05 Å². The van der Waals surface area contributed by atoms with Crippen LogP contribution in [0.5, 0.6) is 0 Å². The summed E-state index contributed by atoms with van der Waals surface area (Å²) in [4.78, 5) is 22.2. The van der Waals surface area contributed by atoms with E-state index in [0.717, 1.165) is 5.69 Å². The van der Waals surface area contributed by atoms with Crippen LogP contribution in [0.2, 0.25) is 5.02 Å². The Morgan fingerprint density at radius 1 is 1.55 bits per heavy atom. The van der Waals surface area contributed by atoms with Crippen molar-refractivity contribution in [3.63, 3.8) is 0 Å². The first kappa shape index (κ1) is 15.9. The Morgan fingerprint density at radius 2 is 2.27 bits per heavy atom. The van der Waals surface area contributed by atoms with E-state index in [2.05, 4.69) is 15.6 Å². The van der Waals surface area contributed by atoms with Gasteiger partial charge in [-0.15, -0.1) is 5.10 Å². The largest absolute Gasteiger partial charge is 0.349 e. The molecule has 22 heavy (non-hydrogen) atoms. The number of halogens is 1. The molecule has 1 aromatic carbocycles. The molecule has 0 aliphatic heterocycles. The minimum atomic E-state index is -0.597. The fraction of sp³-hybridized carbons (Fsp3) is 0.308. The van der Waals surface area contributed by atoms with Gasteiger partial charge in [-0.2, -0.15) is 0 Å². The molecule has 0 spiro atoms. The van der Waals surface area contributed by atoms with E-state index in [9.17, 15) is 14.9 Å². The Balaban J connectivity index is 2.02. The Morgan fingerprint density at radius 3 is 2.82 bits per heavy atom. The van der Waals surface area contributed by atoms with E-state index in [4.69, 9.17) is 11.6 Å². The van der Waals surface area contributed by atoms with Gasteiger partial charge in [0.1, 0.15) is 5.02 Å². The summed E-state index contributed by atoms with van der Waals surface area (Å²) in [5, 5.41) is 21.2. The summed E-state index contributed by atoms with van der Waals surface area (Å²) in [6, 6.07) is 3.70. The van der Waals surface area contributed by atoms with Crippen molar-refractivity contribution in [2.45, 2.75) is 19.4 Å². The molecule has 0 bridgehead atoms. The van der Waals surface area contributed by atoms with Crippen molar-refractivity contribution in [3.05, 3.63) is 50.8 Å². The highest BCUT2D eigenvalue weighted by atomic mass is 35.5. The molecule has 0 unspecified atom stereocenters. The zero-order valence-corrected chi connectivity index (χ0v) is 12.7. The highest BCUT2D eigenvalue weighted by Crippen LogP contribution is 2.24. The first-order valence-corrected chi connectivity index (χ1v) is 6.84. The number of hydrogen-bond donors (Lipinski definition) is 1. The molecule has 1 amide bonds. The lowest BCUT2D eigenvalue weighted by Crippen LogP contribution is -2.34. The molecule has 8 nitrogen and oxygen atoms in total. The Kier molecular flexibility index (Phi) is 4.71. The molecular weight excluding hydrogens is 310 g/mol. The molecule has 2 aromatic rings. The number of nitrogens with one attached hydrogen (secondary N) is 1. The monoisotopic (exact) mass is 323 g/mol. The van der Waals surface area contributed by atoms with Crippen LogP contribution in [0.25, 0.3) is 0 Å². The van der Waals surface area contributed by atoms with Gasteiger partial charge in [0.25, 0.3) is 11.6 Å². The van der Waals surface area contributed by atoms with Crippen molar-refractivity contribution in [1.82, 2.24) is 20.3 Å². The number of hydrogen-bond acceptors (Lipinski definition) is 5. The predicted octanol–water partition coefficient (Wildman–Crippen LogP) is 1.74. The number of aryl methyl sites for hydroxylation is 1. The quantitative estimate of drug-likeness (QED) is 0.666. The van der Waals surface area contributed by atoms with Crippen molar-refractivity contribution in [3.8, 4) is 0 Å². The third-order valence-corrected chi connectivity index (χ3v) is 3.25. The van der Waals surface area contributed by atoms with Gasteiger partial charge in [-0.3, -0.25) is 19.6 Å². The number of nitro benzene ring substituents is 1. The predicted molar refractivity (Wildman–Crippen MR) is 79.7 cm³/mol. The van der Waals surface area contributed by atoms with Gasteiger partial charge in [0.05, 0.1) is 10.6 Å². The van der Waals surface area contributed by atoms with Gasteiger partial charge in [0, 0.05) is 37.3 Å². The molecule has 0 radical (unpaired) electrons. The summed E-state index contributed by atoms with van der Waals surface area (Å²) >= 11 is 5.79. The van der Waals surface area contributed by atoms with Crippen molar-refractivity contribution in [1.29, 1.82) is 0 Å². The van der Waals surface area contributed by atoms with Crippen LogP contribution in [0, 0.1) is 10.1 Å². The molecule has 1 heterocycles. The SMILES string of the molecule is C[C@H](Cc1cn(C)nn1)NC(=O)c1ccc([N+](=O)[O-])c(Cl)c1. The number of rotatable bonds is 5. The van der Waals surface area contributed by atoms with Gasteiger partial charge < -0.3 is 5.32 Å². The van der Waals surface area contributed by atoms with Crippen molar-refractivity contribution >= 4 is 23.2 Å². The van der Waals surface area contributed by atoms with Crippen LogP contribution in [0.1, 0.15) is 23.0 Å².